The van der Waals surface area contributed by atoms with Crippen LogP contribution in [0.1, 0.15) is 44.4 Å². The van der Waals surface area contributed by atoms with Crippen LogP contribution in [0.15, 0.2) is 24.3 Å². The molecule has 0 aliphatic rings. The fraction of sp³-hybridized carbons (Fsp3) is 0.533. The third-order valence-corrected chi connectivity index (χ3v) is 3.37. The highest BCUT2D eigenvalue weighted by atomic mass is 19.4. The van der Waals surface area contributed by atoms with E-state index in [0.717, 1.165) is 12.1 Å². The van der Waals surface area contributed by atoms with E-state index < -0.39 is 17.8 Å². The van der Waals surface area contributed by atoms with E-state index >= 15 is 0 Å². The first-order valence-electron chi connectivity index (χ1n) is 6.83. The highest BCUT2D eigenvalue weighted by Gasteiger charge is 2.30. The zero-order chi connectivity index (χ0) is 16.2. The van der Waals surface area contributed by atoms with Crippen molar-refractivity contribution < 1.29 is 18.0 Å². The number of hydrogen-bond acceptors (Lipinski definition) is 2. The maximum absolute atomic E-state index is 12.7. The molecular weight excluding hydrogens is 281 g/mol. The lowest BCUT2D eigenvalue weighted by atomic mass is 10.0. The lowest BCUT2D eigenvalue weighted by Gasteiger charge is -2.19. The van der Waals surface area contributed by atoms with E-state index in [1.807, 2.05) is 13.8 Å². The molecule has 1 amide bonds. The molecule has 0 saturated carbocycles. The summed E-state index contributed by atoms with van der Waals surface area (Å²) in [6, 6.07) is 4.18. The van der Waals surface area contributed by atoms with Crippen molar-refractivity contribution in [3.63, 3.8) is 0 Å². The monoisotopic (exact) mass is 302 g/mol. The molecule has 0 bridgehead atoms. The van der Waals surface area contributed by atoms with Gasteiger partial charge in [-0.1, -0.05) is 26.0 Å². The molecule has 0 fully saturated rings. The molecule has 118 valence electrons. The highest BCUT2D eigenvalue weighted by Crippen LogP contribution is 2.30. The first-order valence-corrected chi connectivity index (χ1v) is 6.83. The Morgan fingerprint density at radius 1 is 1.29 bits per heavy atom. The summed E-state index contributed by atoms with van der Waals surface area (Å²) in [5, 5.41) is 2.67. The van der Waals surface area contributed by atoms with Crippen molar-refractivity contribution in [3.8, 4) is 0 Å². The molecule has 0 aromatic heterocycles. The van der Waals surface area contributed by atoms with E-state index in [9.17, 15) is 18.0 Å². The number of alkyl halides is 3. The molecule has 1 aromatic rings. The number of nitrogens with one attached hydrogen (secondary N) is 1. The van der Waals surface area contributed by atoms with Gasteiger partial charge in [-0.3, -0.25) is 4.79 Å². The van der Waals surface area contributed by atoms with Gasteiger partial charge in [-0.05, 0) is 30.5 Å². The van der Waals surface area contributed by atoms with Crippen molar-refractivity contribution in [2.24, 2.45) is 11.7 Å². The molecule has 0 aliphatic carbocycles. The molecule has 21 heavy (non-hydrogen) atoms. The summed E-state index contributed by atoms with van der Waals surface area (Å²) in [6.45, 7) is 5.47. The normalized spacial score (nSPS) is 14.9. The quantitative estimate of drug-likeness (QED) is 0.877. The Balaban J connectivity index is 2.72. The summed E-state index contributed by atoms with van der Waals surface area (Å²) in [7, 11) is 0. The van der Waals surface area contributed by atoms with Crippen molar-refractivity contribution >= 4 is 5.91 Å². The third kappa shape index (κ3) is 5.38. The molecule has 2 atom stereocenters. The molecule has 2 unspecified atom stereocenters. The number of hydrogen-bond donors (Lipinski definition) is 2. The maximum Gasteiger partial charge on any atom is 0.416 e. The van der Waals surface area contributed by atoms with Gasteiger partial charge in [-0.25, -0.2) is 0 Å². The van der Waals surface area contributed by atoms with Gasteiger partial charge in [-0.15, -0.1) is 0 Å². The number of nitrogens with two attached hydrogens (primary N) is 1. The Morgan fingerprint density at radius 3 is 2.43 bits per heavy atom. The molecule has 3 nitrogen and oxygen atoms in total. The standard InChI is InChI=1S/C15H21F3N2O/c1-9(2)13(19)8-14(21)20-10(3)11-5-4-6-12(7-11)15(16,17)18/h4-7,9-10,13H,8,19H2,1-3H3,(H,20,21). The van der Waals surface area contributed by atoms with Crippen LogP contribution in [-0.2, 0) is 11.0 Å². The predicted octanol–water partition coefficient (Wildman–Crippen LogP) is 3.26. The Bertz CT molecular complexity index is 486. The Hall–Kier alpha value is -1.56. The number of rotatable bonds is 5. The van der Waals surface area contributed by atoms with Crippen LogP contribution in [0.3, 0.4) is 0 Å². The van der Waals surface area contributed by atoms with Crippen LogP contribution in [0, 0.1) is 5.92 Å². The number of amides is 1. The lowest BCUT2D eigenvalue weighted by Crippen LogP contribution is -2.35. The van der Waals surface area contributed by atoms with E-state index in [2.05, 4.69) is 5.32 Å². The van der Waals surface area contributed by atoms with Crippen LogP contribution in [0.4, 0.5) is 13.2 Å². The third-order valence-electron chi connectivity index (χ3n) is 3.37. The number of halogens is 3. The van der Waals surface area contributed by atoms with Crippen LogP contribution in [0.5, 0.6) is 0 Å². The molecule has 1 aromatic carbocycles. The molecular formula is C15H21F3N2O. The fourth-order valence-corrected chi connectivity index (χ4v) is 1.82. The largest absolute Gasteiger partial charge is 0.416 e. The van der Waals surface area contributed by atoms with E-state index in [1.165, 1.54) is 6.07 Å². The molecule has 0 radical (unpaired) electrons. The predicted molar refractivity (Wildman–Crippen MR) is 75.4 cm³/mol. The van der Waals surface area contributed by atoms with Gasteiger partial charge in [0.05, 0.1) is 11.6 Å². The van der Waals surface area contributed by atoms with Crippen LogP contribution in [0.2, 0.25) is 0 Å². The summed E-state index contributed by atoms with van der Waals surface area (Å²) in [4.78, 5) is 11.8. The van der Waals surface area contributed by atoms with Gasteiger partial charge < -0.3 is 11.1 Å². The molecule has 0 spiro atoms. The zero-order valence-electron chi connectivity index (χ0n) is 12.4. The topological polar surface area (TPSA) is 55.1 Å². The van der Waals surface area contributed by atoms with E-state index in [4.69, 9.17) is 5.73 Å². The van der Waals surface area contributed by atoms with E-state index in [-0.39, 0.29) is 24.3 Å². The van der Waals surface area contributed by atoms with Gasteiger partial charge >= 0.3 is 6.18 Å². The summed E-state index contributed by atoms with van der Waals surface area (Å²) < 4.78 is 38.0. The summed E-state index contributed by atoms with van der Waals surface area (Å²) in [5.74, 6) is -0.0966. The van der Waals surface area contributed by atoms with Crippen LogP contribution < -0.4 is 11.1 Å². The Kier molecular flexibility index (Phi) is 5.78. The van der Waals surface area contributed by atoms with Gasteiger partial charge in [0.2, 0.25) is 5.91 Å². The van der Waals surface area contributed by atoms with Crippen molar-refractivity contribution in [1.82, 2.24) is 5.32 Å². The minimum absolute atomic E-state index is 0.154. The van der Waals surface area contributed by atoms with Crippen molar-refractivity contribution in [1.29, 1.82) is 0 Å². The van der Waals surface area contributed by atoms with Gasteiger partial charge in [0.15, 0.2) is 0 Å². The molecule has 1 rings (SSSR count). The van der Waals surface area contributed by atoms with Crippen LogP contribution >= 0.6 is 0 Å². The number of benzene rings is 1. The van der Waals surface area contributed by atoms with E-state index in [1.54, 1.807) is 13.0 Å². The Labute approximate surface area is 122 Å². The van der Waals surface area contributed by atoms with Gasteiger partial charge in [-0.2, -0.15) is 13.2 Å². The van der Waals surface area contributed by atoms with Crippen LogP contribution in [-0.4, -0.2) is 11.9 Å². The number of carbonyl (C=O) groups excluding carboxylic acids is 1. The molecule has 3 N–H and O–H groups in total. The summed E-state index contributed by atoms with van der Waals surface area (Å²) in [6.07, 6.45) is -4.24. The first-order chi connectivity index (χ1) is 9.61. The minimum atomic E-state index is -4.39. The smallest absolute Gasteiger partial charge is 0.350 e. The summed E-state index contributed by atoms with van der Waals surface area (Å²) in [5.41, 5.74) is 5.49. The Morgan fingerprint density at radius 2 is 1.90 bits per heavy atom. The molecule has 0 saturated heterocycles. The van der Waals surface area contributed by atoms with Crippen molar-refractivity contribution in [2.45, 2.75) is 45.5 Å². The molecule has 0 aliphatic heterocycles. The fourth-order valence-electron chi connectivity index (χ4n) is 1.82. The second kappa shape index (κ2) is 6.93. The average molecular weight is 302 g/mol. The second-order valence-corrected chi connectivity index (χ2v) is 5.52. The molecule has 6 heteroatoms. The first kappa shape index (κ1) is 17.5. The van der Waals surface area contributed by atoms with Crippen molar-refractivity contribution in [2.75, 3.05) is 0 Å². The van der Waals surface area contributed by atoms with Gasteiger partial charge in [0.25, 0.3) is 0 Å². The lowest BCUT2D eigenvalue weighted by molar-refractivity contribution is -0.137. The van der Waals surface area contributed by atoms with Crippen molar-refractivity contribution in [3.05, 3.63) is 35.4 Å². The van der Waals surface area contributed by atoms with Gasteiger partial charge in [0.1, 0.15) is 0 Å². The van der Waals surface area contributed by atoms with Gasteiger partial charge in [0, 0.05) is 12.5 Å². The SMILES string of the molecule is CC(NC(=O)CC(N)C(C)C)c1cccc(C(F)(F)F)c1. The van der Waals surface area contributed by atoms with E-state index in [0.29, 0.717) is 5.56 Å². The summed E-state index contributed by atoms with van der Waals surface area (Å²) >= 11 is 0. The second-order valence-electron chi connectivity index (χ2n) is 5.52. The number of carbonyl (C=O) groups is 1. The maximum atomic E-state index is 12.7. The minimum Gasteiger partial charge on any atom is -0.350 e. The highest BCUT2D eigenvalue weighted by molar-refractivity contribution is 5.77. The zero-order valence-corrected chi connectivity index (χ0v) is 12.4. The van der Waals surface area contributed by atoms with Crippen LogP contribution in [0.25, 0.3) is 0 Å². The average Bonchev–Trinajstić information content (AvgIpc) is 2.37. The molecule has 0 heterocycles.